The number of carbonyl (C=O) groups is 3. The third kappa shape index (κ3) is 3.37. The molecule has 2 aromatic rings. The van der Waals surface area contributed by atoms with Gasteiger partial charge in [-0.1, -0.05) is 18.2 Å². The molecular formula is C22H14F3N3O4. The van der Waals surface area contributed by atoms with Crippen LogP contribution in [0.4, 0.5) is 28.4 Å². The predicted octanol–water partition coefficient (Wildman–Crippen LogP) is 4.86. The number of halogens is 3. The van der Waals surface area contributed by atoms with Crippen LogP contribution in [0.1, 0.15) is 35.6 Å². The number of imide groups is 1. The minimum absolute atomic E-state index is 0.00630. The molecule has 32 heavy (non-hydrogen) atoms. The molecule has 0 spiro atoms. The summed E-state index contributed by atoms with van der Waals surface area (Å²) in [4.78, 5) is 39.4. The van der Waals surface area contributed by atoms with E-state index >= 15 is 0 Å². The van der Waals surface area contributed by atoms with Gasteiger partial charge in [-0.2, -0.15) is 18.4 Å². The van der Waals surface area contributed by atoms with E-state index < -0.39 is 35.7 Å². The van der Waals surface area contributed by atoms with Gasteiger partial charge in [-0.3, -0.25) is 9.69 Å². The van der Waals surface area contributed by atoms with Gasteiger partial charge in [0.1, 0.15) is 6.04 Å². The molecule has 4 rings (SSSR count). The van der Waals surface area contributed by atoms with Crippen molar-refractivity contribution >= 4 is 23.6 Å². The lowest BCUT2D eigenvalue weighted by atomic mass is 9.92. The molecule has 7 nitrogen and oxygen atoms in total. The van der Waals surface area contributed by atoms with Gasteiger partial charge in [0.15, 0.2) is 5.78 Å². The first-order chi connectivity index (χ1) is 15.1. The summed E-state index contributed by atoms with van der Waals surface area (Å²) < 4.78 is 39.6. The monoisotopic (exact) mass is 441 g/mol. The highest BCUT2D eigenvalue weighted by Gasteiger charge is 2.48. The number of amides is 3. The summed E-state index contributed by atoms with van der Waals surface area (Å²) >= 11 is 0. The Morgan fingerprint density at radius 2 is 1.78 bits per heavy atom. The molecule has 2 aromatic carbocycles. The van der Waals surface area contributed by atoms with E-state index in [-0.39, 0.29) is 29.8 Å². The second-order valence-electron chi connectivity index (χ2n) is 7.24. The fourth-order valence-corrected chi connectivity index (χ4v) is 4.00. The molecular weight excluding hydrogens is 427 g/mol. The number of hydrogen-bond acceptors (Lipinski definition) is 4. The SMILES string of the molecule is N#Cc1ccc(C2C3=C(CCC3=O)N(c3cccc(C(F)(F)F)c3)C(=O)N2C(=O)O)cc1. The molecule has 1 unspecified atom stereocenters. The summed E-state index contributed by atoms with van der Waals surface area (Å²) in [7, 11) is 0. The zero-order valence-electron chi connectivity index (χ0n) is 16.3. The van der Waals surface area contributed by atoms with Crippen LogP contribution in [-0.4, -0.2) is 27.9 Å². The number of hydrogen-bond donors (Lipinski definition) is 1. The normalized spacial score (nSPS) is 18.6. The van der Waals surface area contributed by atoms with Crippen molar-refractivity contribution in [2.75, 3.05) is 4.90 Å². The van der Waals surface area contributed by atoms with Gasteiger partial charge >= 0.3 is 18.3 Å². The number of benzene rings is 2. The van der Waals surface area contributed by atoms with Crippen LogP contribution < -0.4 is 4.90 Å². The summed E-state index contributed by atoms with van der Waals surface area (Å²) in [5.41, 5.74) is -0.385. The third-order valence-corrected chi connectivity index (χ3v) is 5.39. The average Bonchev–Trinajstić information content (AvgIpc) is 3.13. The predicted molar refractivity (Wildman–Crippen MR) is 104 cm³/mol. The molecule has 1 aliphatic heterocycles. The highest BCUT2D eigenvalue weighted by Crippen LogP contribution is 2.45. The maximum absolute atomic E-state index is 13.3. The van der Waals surface area contributed by atoms with Crippen molar-refractivity contribution in [3.8, 4) is 6.07 Å². The van der Waals surface area contributed by atoms with Crippen molar-refractivity contribution in [1.82, 2.24) is 4.90 Å². The first-order valence-electron chi connectivity index (χ1n) is 9.43. The minimum atomic E-state index is -4.67. The van der Waals surface area contributed by atoms with E-state index in [1.54, 1.807) is 0 Å². The molecule has 1 atom stereocenters. The lowest BCUT2D eigenvalue weighted by Gasteiger charge is -2.39. The molecule has 3 amide bonds. The molecule has 0 saturated heterocycles. The van der Waals surface area contributed by atoms with Gasteiger partial charge in [-0.05, 0) is 42.3 Å². The summed E-state index contributed by atoms with van der Waals surface area (Å²) in [6, 6.07) is 9.27. The van der Waals surface area contributed by atoms with Crippen LogP contribution in [-0.2, 0) is 11.0 Å². The molecule has 0 aromatic heterocycles. The van der Waals surface area contributed by atoms with Crippen molar-refractivity contribution in [2.24, 2.45) is 0 Å². The number of Topliss-reactive ketones (excluding diaryl/α,β-unsaturated/α-hetero) is 1. The quantitative estimate of drug-likeness (QED) is 0.718. The van der Waals surface area contributed by atoms with Crippen molar-refractivity contribution in [3.05, 3.63) is 76.5 Å². The van der Waals surface area contributed by atoms with E-state index in [1.165, 1.54) is 30.3 Å². The number of carbonyl (C=O) groups excluding carboxylic acids is 2. The Bertz CT molecular complexity index is 1210. The number of carboxylic acid groups (broad SMARTS) is 1. The number of anilines is 1. The van der Waals surface area contributed by atoms with Gasteiger partial charge in [-0.15, -0.1) is 0 Å². The number of nitrogens with zero attached hydrogens (tertiary/aromatic N) is 3. The highest BCUT2D eigenvalue weighted by molar-refractivity contribution is 6.11. The maximum atomic E-state index is 13.3. The Balaban J connectivity index is 1.92. The average molecular weight is 441 g/mol. The van der Waals surface area contributed by atoms with Crippen molar-refractivity contribution in [2.45, 2.75) is 25.1 Å². The first kappa shape index (κ1) is 21.1. The summed E-state index contributed by atoms with van der Waals surface area (Å²) in [5, 5.41) is 18.8. The van der Waals surface area contributed by atoms with Gasteiger partial charge in [0.05, 0.1) is 22.9 Å². The number of ketones is 1. The molecule has 0 saturated carbocycles. The van der Waals surface area contributed by atoms with E-state index in [4.69, 9.17) is 5.26 Å². The minimum Gasteiger partial charge on any atom is -0.465 e. The fourth-order valence-electron chi connectivity index (χ4n) is 4.00. The van der Waals surface area contributed by atoms with Crippen LogP contribution in [0.15, 0.2) is 59.8 Å². The lowest BCUT2D eigenvalue weighted by molar-refractivity contribution is -0.137. The molecule has 0 fully saturated rings. The largest absolute Gasteiger partial charge is 0.465 e. The molecule has 2 aliphatic rings. The standard InChI is InChI=1S/C22H14F3N3O4/c23-22(24,25)14-2-1-3-15(10-14)27-16-8-9-17(29)18(16)19(28(20(27)30)21(31)32)13-6-4-12(11-26)5-7-13/h1-7,10,19H,8-9H2,(H,31,32). The Kier molecular flexibility index (Phi) is 4.97. The molecule has 1 heterocycles. The molecule has 10 heteroatoms. The lowest BCUT2D eigenvalue weighted by Crippen LogP contribution is -2.52. The number of urea groups is 1. The molecule has 0 radical (unpaired) electrons. The van der Waals surface area contributed by atoms with Crippen molar-refractivity contribution in [3.63, 3.8) is 0 Å². The van der Waals surface area contributed by atoms with Gasteiger partial charge in [0, 0.05) is 17.7 Å². The van der Waals surface area contributed by atoms with Gasteiger partial charge in [-0.25, -0.2) is 14.5 Å². The molecule has 1 N–H and O–H groups in total. The molecule has 1 aliphatic carbocycles. The smallest absolute Gasteiger partial charge is 0.416 e. The van der Waals surface area contributed by atoms with E-state index in [1.807, 2.05) is 6.07 Å². The summed E-state index contributed by atoms with van der Waals surface area (Å²) in [6.07, 6.45) is -6.26. The zero-order valence-corrected chi connectivity index (χ0v) is 16.3. The van der Waals surface area contributed by atoms with Crippen LogP contribution in [0.25, 0.3) is 0 Å². The fraction of sp³-hybridized carbons (Fsp3) is 0.182. The van der Waals surface area contributed by atoms with Gasteiger partial charge in [0.2, 0.25) is 0 Å². The van der Waals surface area contributed by atoms with Gasteiger partial charge in [0.25, 0.3) is 0 Å². The van der Waals surface area contributed by atoms with Crippen molar-refractivity contribution in [1.29, 1.82) is 5.26 Å². The van der Waals surface area contributed by atoms with E-state index in [0.29, 0.717) is 16.0 Å². The number of nitriles is 1. The van der Waals surface area contributed by atoms with E-state index in [2.05, 4.69) is 0 Å². The van der Waals surface area contributed by atoms with E-state index in [0.717, 1.165) is 23.1 Å². The zero-order chi connectivity index (χ0) is 23.2. The number of alkyl halides is 3. The Morgan fingerprint density at radius 3 is 2.38 bits per heavy atom. The third-order valence-electron chi connectivity index (χ3n) is 5.39. The Morgan fingerprint density at radius 1 is 1.09 bits per heavy atom. The second-order valence-corrected chi connectivity index (χ2v) is 7.24. The van der Waals surface area contributed by atoms with Crippen molar-refractivity contribution < 1.29 is 32.7 Å². The topological polar surface area (TPSA) is 102 Å². The van der Waals surface area contributed by atoms with Crippen LogP contribution in [0.3, 0.4) is 0 Å². The first-order valence-corrected chi connectivity index (χ1v) is 9.43. The maximum Gasteiger partial charge on any atom is 0.416 e. The molecule has 162 valence electrons. The van der Waals surface area contributed by atoms with Crippen LogP contribution >= 0.6 is 0 Å². The van der Waals surface area contributed by atoms with Crippen LogP contribution in [0, 0.1) is 11.3 Å². The number of rotatable bonds is 2. The second kappa shape index (κ2) is 7.53. The highest BCUT2D eigenvalue weighted by atomic mass is 19.4. The summed E-state index contributed by atoms with van der Waals surface area (Å²) in [5.74, 6) is -0.398. The number of allylic oxidation sites excluding steroid dienone is 1. The van der Waals surface area contributed by atoms with Crippen LogP contribution in [0.2, 0.25) is 0 Å². The summed E-state index contributed by atoms with van der Waals surface area (Å²) in [6.45, 7) is 0. The molecule has 0 bridgehead atoms. The van der Waals surface area contributed by atoms with Crippen LogP contribution in [0.5, 0.6) is 0 Å². The Hall–Kier alpha value is -4.13. The Labute approximate surface area is 179 Å². The van der Waals surface area contributed by atoms with E-state index in [9.17, 15) is 32.7 Å². The van der Waals surface area contributed by atoms with Gasteiger partial charge < -0.3 is 5.11 Å².